The van der Waals surface area contributed by atoms with E-state index in [-0.39, 0.29) is 30.0 Å². The Hall–Kier alpha value is -1.02. The van der Waals surface area contributed by atoms with Gasteiger partial charge in [-0.3, -0.25) is 25.5 Å². The van der Waals surface area contributed by atoms with Gasteiger partial charge in [0.15, 0.2) is 0 Å². The first-order chi connectivity index (χ1) is 15.6. The van der Waals surface area contributed by atoms with Crippen LogP contribution < -0.4 is 16.0 Å². The normalized spacial score (nSPS) is 40.7. The van der Waals surface area contributed by atoms with Crippen LogP contribution in [0.5, 0.6) is 0 Å². The quantitative estimate of drug-likeness (QED) is 0.515. The molecule has 4 fully saturated rings. The molecule has 32 heavy (non-hydrogen) atoms. The number of ether oxygens (including phenoxy) is 2. The number of Topliss-reactive ketones (excluding diaryl/α,β-unsaturated/α-hetero) is 1. The van der Waals surface area contributed by atoms with Crippen molar-refractivity contribution in [1.82, 2.24) is 16.0 Å². The highest BCUT2D eigenvalue weighted by Crippen LogP contribution is 2.38. The third kappa shape index (κ3) is 5.72. The van der Waals surface area contributed by atoms with Crippen LogP contribution in [-0.4, -0.2) is 57.5 Å². The topological polar surface area (TPSA) is 88.7 Å². The van der Waals surface area contributed by atoms with Gasteiger partial charge in [0, 0.05) is 38.1 Å². The highest BCUT2D eigenvalue weighted by molar-refractivity contribution is 5.89. The fourth-order valence-electron chi connectivity index (χ4n) is 6.75. The zero-order valence-electron chi connectivity index (χ0n) is 19.9. The predicted molar refractivity (Wildman–Crippen MR) is 123 cm³/mol. The maximum Gasteiger partial charge on any atom is 0.309 e. The number of hydrogen-bond donors (Lipinski definition) is 3. The number of ketones is 1. The van der Waals surface area contributed by atoms with E-state index >= 15 is 0 Å². The molecule has 0 amide bonds. The summed E-state index contributed by atoms with van der Waals surface area (Å²) < 4.78 is 10.5. The van der Waals surface area contributed by atoms with Crippen molar-refractivity contribution in [2.75, 3.05) is 27.3 Å². The van der Waals surface area contributed by atoms with Crippen molar-refractivity contribution in [1.29, 1.82) is 0 Å². The van der Waals surface area contributed by atoms with E-state index in [1.54, 1.807) is 0 Å². The number of hydrogen-bond acceptors (Lipinski definition) is 7. The molecule has 3 N–H and O–H groups in total. The van der Waals surface area contributed by atoms with E-state index in [0.29, 0.717) is 23.8 Å². The van der Waals surface area contributed by atoms with Gasteiger partial charge in [0.05, 0.1) is 19.1 Å². The van der Waals surface area contributed by atoms with Crippen LogP contribution in [0.4, 0.5) is 0 Å². The Kier molecular flexibility index (Phi) is 8.60. The summed E-state index contributed by atoms with van der Waals surface area (Å²) in [6.45, 7) is 2.13. The lowest BCUT2D eigenvalue weighted by molar-refractivity contribution is -0.149. The molecule has 0 radical (unpaired) electrons. The first-order valence-electron chi connectivity index (χ1n) is 13.0. The lowest BCUT2D eigenvalue weighted by Gasteiger charge is -2.40. The molecular formula is C25H43N3O4. The summed E-state index contributed by atoms with van der Waals surface area (Å²) in [5.74, 6) is 1.40. The van der Waals surface area contributed by atoms with Gasteiger partial charge in [-0.05, 0) is 76.0 Å². The maximum atomic E-state index is 13.1. The molecule has 3 aliphatic carbocycles. The van der Waals surface area contributed by atoms with Crippen LogP contribution >= 0.6 is 0 Å². The van der Waals surface area contributed by atoms with E-state index in [1.165, 1.54) is 32.8 Å². The average Bonchev–Trinajstić information content (AvgIpc) is 3.34. The SMILES string of the molecule is COC(=O)C1CCCC1C(=O)C1CCC(NC2NCC(C3CCC(OC)CC3)CN2)CC1. The number of nitrogens with one attached hydrogen (secondary N) is 3. The van der Waals surface area contributed by atoms with Crippen LogP contribution in [-0.2, 0) is 19.1 Å². The van der Waals surface area contributed by atoms with Crippen LogP contribution in [0.1, 0.15) is 70.6 Å². The van der Waals surface area contributed by atoms with Crippen LogP contribution in [0.3, 0.4) is 0 Å². The Balaban J connectivity index is 1.16. The summed E-state index contributed by atoms with van der Waals surface area (Å²) in [4.78, 5) is 25.1. The van der Waals surface area contributed by atoms with Crippen molar-refractivity contribution >= 4 is 11.8 Å². The third-order valence-electron chi connectivity index (χ3n) is 8.80. The second kappa shape index (κ2) is 11.4. The van der Waals surface area contributed by atoms with Crippen molar-refractivity contribution < 1.29 is 19.1 Å². The predicted octanol–water partition coefficient (Wildman–Crippen LogP) is 2.59. The molecule has 3 saturated carbocycles. The van der Waals surface area contributed by atoms with Crippen LogP contribution in [0, 0.1) is 29.6 Å². The van der Waals surface area contributed by atoms with Gasteiger partial charge < -0.3 is 9.47 Å². The molecule has 0 bridgehead atoms. The smallest absolute Gasteiger partial charge is 0.309 e. The molecule has 1 aliphatic heterocycles. The molecule has 7 heteroatoms. The number of methoxy groups -OCH3 is 2. The Morgan fingerprint density at radius 1 is 0.781 bits per heavy atom. The molecule has 4 aliphatic rings. The molecular weight excluding hydrogens is 406 g/mol. The van der Waals surface area contributed by atoms with E-state index in [9.17, 15) is 9.59 Å². The summed E-state index contributed by atoms with van der Waals surface area (Å²) in [5.41, 5.74) is 0. The molecule has 1 saturated heterocycles. The summed E-state index contributed by atoms with van der Waals surface area (Å²) in [7, 11) is 3.27. The van der Waals surface area contributed by atoms with Crippen molar-refractivity contribution in [3.8, 4) is 0 Å². The Bertz CT molecular complexity index is 621. The summed E-state index contributed by atoms with van der Waals surface area (Å²) >= 11 is 0. The van der Waals surface area contributed by atoms with Gasteiger partial charge in [-0.2, -0.15) is 0 Å². The number of esters is 1. The van der Waals surface area contributed by atoms with Crippen molar-refractivity contribution in [2.24, 2.45) is 29.6 Å². The Labute approximate surface area is 193 Å². The second-order valence-electron chi connectivity index (χ2n) is 10.6. The standard InChI is InChI=1S/C25H43N3O4/c1-31-20-12-8-16(9-13-20)18-14-26-25(27-15-18)28-19-10-6-17(7-11-19)23(29)21-4-3-5-22(21)24(30)32-2/h16-22,25-28H,3-15H2,1-2H3. The molecule has 0 aromatic heterocycles. The maximum absolute atomic E-state index is 13.1. The minimum Gasteiger partial charge on any atom is -0.469 e. The molecule has 182 valence electrons. The average molecular weight is 450 g/mol. The fourth-order valence-corrected chi connectivity index (χ4v) is 6.75. The van der Waals surface area contributed by atoms with E-state index in [4.69, 9.17) is 9.47 Å². The van der Waals surface area contributed by atoms with E-state index in [1.807, 2.05) is 7.11 Å². The molecule has 4 rings (SSSR count). The van der Waals surface area contributed by atoms with Crippen LogP contribution in [0.25, 0.3) is 0 Å². The largest absolute Gasteiger partial charge is 0.469 e. The van der Waals surface area contributed by atoms with Gasteiger partial charge in [0.2, 0.25) is 0 Å². The highest BCUT2D eigenvalue weighted by atomic mass is 16.5. The summed E-state index contributed by atoms with van der Waals surface area (Å²) in [6, 6.07) is 0.442. The van der Waals surface area contributed by atoms with Gasteiger partial charge in [0.1, 0.15) is 12.1 Å². The Morgan fingerprint density at radius 2 is 1.44 bits per heavy atom. The lowest BCUT2D eigenvalue weighted by atomic mass is 9.77. The van der Waals surface area contributed by atoms with Crippen LogP contribution in [0.2, 0.25) is 0 Å². The Morgan fingerprint density at radius 3 is 2.06 bits per heavy atom. The van der Waals surface area contributed by atoms with Gasteiger partial charge in [-0.25, -0.2) is 0 Å². The second-order valence-corrected chi connectivity index (χ2v) is 10.6. The number of carbonyl (C=O) groups is 2. The summed E-state index contributed by atoms with van der Waals surface area (Å²) in [6.07, 6.45) is 12.1. The molecule has 2 atom stereocenters. The number of rotatable bonds is 7. The minimum absolute atomic E-state index is 0.113. The van der Waals surface area contributed by atoms with Gasteiger partial charge in [-0.15, -0.1) is 0 Å². The molecule has 2 unspecified atom stereocenters. The summed E-state index contributed by atoms with van der Waals surface area (Å²) in [5, 5.41) is 11.1. The van der Waals surface area contributed by atoms with E-state index in [2.05, 4.69) is 16.0 Å². The van der Waals surface area contributed by atoms with Gasteiger partial charge in [0.25, 0.3) is 0 Å². The molecule has 0 spiro atoms. The zero-order valence-corrected chi connectivity index (χ0v) is 19.9. The lowest BCUT2D eigenvalue weighted by Crippen LogP contribution is -2.63. The highest BCUT2D eigenvalue weighted by Gasteiger charge is 2.41. The van der Waals surface area contributed by atoms with Crippen molar-refractivity contribution in [2.45, 2.75) is 89.1 Å². The van der Waals surface area contributed by atoms with Crippen molar-refractivity contribution in [3.05, 3.63) is 0 Å². The van der Waals surface area contributed by atoms with Gasteiger partial charge in [-0.1, -0.05) is 6.42 Å². The monoisotopic (exact) mass is 449 g/mol. The van der Waals surface area contributed by atoms with Crippen molar-refractivity contribution in [3.63, 3.8) is 0 Å². The molecule has 1 heterocycles. The van der Waals surface area contributed by atoms with Crippen LogP contribution in [0.15, 0.2) is 0 Å². The fraction of sp³-hybridized carbons (Fsp3) is 0.920. The van der Waals surface area contributed by atoms with E-state index < -0.39 is 0 Å². The molecule has 0 aromatic rings. The number of carbonyl (C=O) groups excluding carboxylic acids is 2. The van der Waals surface area contributed by atoms with E-state index in [0.717, 1.165) is 64.0 Å². The first kappa shape index (κ1) is 24.1. The minimum atomic E-state index is -0.212. The first-order valence-corrected chi connectivity index (χ1v) is 13.0. The third-order valence-corrected chi connectivity index (χ3v) is 8.80. The van der Waals surface area contributed by atoms with Gasteiger partial charge >= 0.3 is 5.97 Å². The zero-order chi connectivity index (χ0) is 22.5. The molecule has 0 aromatic carbocycles. The molecule has 7 nitrogen and oxygen atoms in total.